The molecule has 2 rings (SSSR count). The van der Waals surface area contributed by atoms with E-state index in [2.05, 4.69) is 35.7 Å². The maximum absolute atomic E-state index is 4.83. The summed E-state index contributed by atoms with van der Waals surface area (Å²) in [4.78, 5) is 12.1. The number of amidine groups is 1. The van der Waals surface area contributed by atoms with Crippen LogP contribution in [0.3, 0.4) is 0 Å². The summed E-state index contributed by atoms with van der Waals surface area (Å²) in [5, 5.41) is 1.24. The lowest BCUT2D eigenvalue weighted by atomic mass is 10.2. The van der Waals surface area contributed by atoms with Crippen LogP contribution in [-0.4, -0.2) is 72.2 Å². The van der Waals surface area contributed by atoms with Crippen molar-refractivity contribution in [2.75, 3.05) is 46.8 Å². The second-order valence-electron chi connectivity index (χ2n) is 5.77. The summed E-state index contributed by atoms with van der Waals surface area (Å²) >= 11 is 0. The first-order valence-corrected chi connectivity index (χ1v) is 9.97. The first-order valence-electron chi connectivity index (χ1n) is 7.75. The van der Waals surface area contributed by atoms with Crippen molar-refractivity contribution in [2.24, 2.45) is 4.99 Å². The van der Waals surface area contributed by atoms with Gasteiger partial charge < -0.3 is 9.80 Å². The molecule has 0 aliphatic carbocycles. The molecule has 0 amide bonds. The quantitative estimate of drug-likeness (QED) is 0.573. The molecule has 0 aromatic rings. The zero-order chi connectivity index (χ0) is 14.4. The van der Waals surface area contributed by atoms with E-state index in [1.807, 2.05) is 21.6 Å². The van der Waals surface area contributed by atoms with E-state index in [4.69, 9.17) is 4.99 Å². The molecule has 116 valence electrons. The highest BCUT2D eigenvalue weighted by Crippen LogP contribution is 2.38. The third-order valence-electron chi connectivity index (χ3n) is 3.81. The molecule has 20 heavy (non-hydrogen) atoms. The molecule has 0 radical (unpaired) electrons. The molecular formula is C14H28N4S2. The Kier molecular flexibility index (Phi) is 7.01. The Hall–Kier alpha value is 0.0900. The minimum Gasteiger partial charge on any atom is -0.349 e. The molecule has 0 spiro atoms. The second-order valence-corrected chi connectivity index (χ2v) is 7.99. The van der Waals surface area contributed by atoms with Crippen molar-refractivity contribution in [3.63, 3.8) is 0 Å². The van der Waals surface area contributed by atoms with Gasteiger partial charge in [-0.15, -0.1) is 0 Å². The average Bonchev–Trinajstić information content (AvgIpc) is 2.81. The average molecular weight is 317 g/mol. The van der Waals surface area contributed by atoms with E-state index in [-0.39, 0.29) is 0 Å². The lowest BCUT2D eigenvalue weighted by Crippen LogP contribution is -2.33. The van der Waals surface area contributed by atoms with Crippen molar-refractivity contribution >= 4 is 26.8 Å². The molecule has 1 saturated heterocycles. The molecule has 1 fully saturated rings. The van der Waals surface area contributed by atoms with Crippen molar-refractivity contribution in [3.05, 3.63) is 0 Å². The van der Waals surface area contributed by atoms with E-state index in [1.165, 1.54) is 50.5 Å². The van der Waals surface area contributed by atoms with E-state index in [1.54, 1.807) is 0 Å². The van der Waals surface area contributed by atoms with Gasteiger partial charge in [0.05, 0.1) is 0 Å². The molecule has 0 saturated carbocycles. The van der Waals surface area contributed by atoms with Crippen LogP contribution in [0.2, 0.25) is 0 Å². The summed E-state index contributed by atoms with van der Waals surface area (Å²) in [5.41, 5.74) is 0.291. The number of unbranched alkanes of at least 4 members (excludes halogenated alkanes) is 2. The Morgan fingerprint density at radius 3 is 2.75 bits per heavy atom. The zero-order valence-corrected chi connectivity index (χ0v) is 14.7. The fourth-order valence-electron chi connectivity index (χ4n) is 2.53. The van der Waals surface area contributed by atoms with E-state index in [9.17, 15) is 0 Å². The minimum absolute atomic E-state index is 0.291. The van der Waals surface area contributed by atoms with Crippen molar-refractivity contribution in [3.8, 4) is 0 Å². The number of hydrogen-bond donors (Lipinski definition) is 0. The van der Waals surface area contributed by atoms with Crippen LogP contribution in [0.4, 0.5) is 0 Å². The highest BCUT2D eigenvalue weighted by atomic mass is 33.1. The first kappa shape index (κ1) is 16.5. The Morgan fingerprint density at radius 1 is 1.20 bits per heavy atom. The summed E-state index contributed by atoms with van der Waals surface area (Å²) in [7, 11) is 7.91. The molecule has 0 aromatic heterocycles. The predicted molar refractivity (Wildman–Crippen MR) is 92.2 cm³/mol. The van der Waals surface area contributed by atoms with E-state index >= 15 is 0 Å². The van der Waals surface area contributed by atoms with Crippen LogP contribution in [0.15, 0.2) is 4.99 Å². The van der Waals surface area contributed by atoms with Crippen LogP contribution >= 0.6 is 21.6 Å². The monoisotopic (exact) mass is 316 g/mol. The highest BCUT2D eigenvalue weighted by molar-refractivity contribution is 8.82. The molecule has 2 aliphatic rings. The van der Waals surface area contributed by atoms with Gasteiger partial charge >= 0.3 is 0 Å². The van der Waals surface area contributed by atoms with Crippen LogP contribution in [0.5, 0.6) is 0 Å². The van der Waals surface area contributed by atoms with E-state index in [0.29, 0.717) is 5.50 Å². The molecule has 0 N–H and O–H groups in total. The molecule has 6 heteroatoms. The minimum atomic E-state index is 0.291. The van der Waals surface area contributed by atoms with Gasteiger partial charge in [0.2, 0.25) is 0 Å². The Morgan fingerprint density at radius 2 is 2.05 bits per heavy atom. The summed E-state index contributed by atoms with van der Waals surface area (Å²) < 4.78 is 0. The maximum atomic E-state index is 4.83. The van der Waals surface area contributed by atoms with Crippen LogP contribution in [-0.2, 0) is 0 Å². The van der Waals surface area contributed by atoms with Gasteiger partial charge in [-0.25, -0.2) is 4.99 Å². The normalized spacial score (nSPS) is 25.1. The fraction of sp³-hybridized carbons (Fsp3) is 0.929. The van der Waals surface area contributed by atoms with Gasteiger partial charge in [-0.05, 0) is 61.6 Å². The largest absolute Gasteiger partial charge is 0.349 e. The summed E-state index contributed by atoms with van der Waals surface area (Å²) in [6, 6.07) is 0. The van der Waals surface area contributed by atoms with Gasteiger partial charge in [0.15, 0.2) is 10.7 Å². The number of aliphatic imine (C=N–C) groups is 1. The first-order chi connectivity index (χ1) is 9.70. The molecule has 1 atom stereocenters. The lowest BCUT2D eigenvalue weighted by Gasteiger charge is -2.22. The smallest absolute Gasteiger partial charge is 0.172 e. The van der Waals surface area contributed by atoms with Crippen molar-refractivity contribution in [1.29, 1.82) is 0 Å². The van der Waals surface area contributed by atoms with Crippen LogP contribution in [0, 0.1) is 0 Å². The van der Waals surface area contributed by atoms with Gasteiger partial charge in [0.1, 0.15) is 0 Å². The SMILES string of the molecule is CCCCCN1CCCN(C2=NC(N(C)C)SS2)CC1. The molecule has 0 aromatic carbocycles. The van der Waals surface area contributed by atoms with Crippen LogP contribution in [0.1, 0.15) is 32.6 Å². The standard InChI is InChI=1S/C14H28N4S2/c1-4-5-6-8-17-9-7-10-18(12-11-17)14-15-13(16(2)3)19-20-14/h13H,4-12H2,1-3H3. The maximum Gasteiger partial charge on any atom is 0.172 e. The topological polar surface area (TPSA) is 22.1 Å². The Balaban J connectivity index is 1.79. The number of hydrogen-bond acceptors (Lipinski definition) is 6. The van der Waals surface area contributed by atoms with E-state index in [0.717, 1.165) is 13.1 Å². The van der Waals surface area contributed by atoms with Gasteiger partial charge in [0.25, 0.3) is 0 Å². The fourth-order valence-corrected chi connectivity index (χ4v) is 5.12. The summed E-state index contributed by atoms with van der Waals surface area (Å²) in [6.07, 6.45) is 5.30. The summed E-state index contributed by atoms with van der Waals surface area (Å²) in [5.74, 6) is 0. The Bertz CT molecular complexity index is 322. The second kappa shape index (κ2) is 8.51. The predicted octanol–water partition coefficient (Wildman–Crippen LogP) is 2.78. The molecule has 2 heterocycles. The van der Waals surface area contributed by atoms with Crippen molar-refractivity contribution in [2.45, 2.75) is 38.1 Å². The molecule has 4 nitrogen and oxygen atoms in total. The lowest BCUT2D eigenvalue weighted by molar-refractivity contribution is 0.279. The van der Waals surface area contributed by atoms with E-state index < -0.39 is 0 Å². The van der Waals surface area contributed by atoms with Gasteiger partial charge in [-0.2, -0.15) is 0 Å². The third kappa shape index (κ3) is 4.83. The molecule has 2 aliphatic heterocycles. The van der Waals surface area contributed by atoms with Gasteiger partial charge in [-0.3, -0.25) is 4.90 Å². The number of rotatable bonds is 5. The molecule has 1 unspecified atom stereocenters. The van der Waals surface area contributed by atoms with Crippen molar-refractivity contribution in [1.82, 2.24) is 14.7 Å². The third-order valence-corrected chi connectivity index (χ3v) is 6.37. The summed E-state index contributed by atoms with van der Waals surface area (Å²) in [6.45, 7) is 8.30. The Labute approximate surface area is 131 Å². The van der Waals surface area contributed by atoms with Gasteiger partial charge in [-0.1, -0.05) is 19.8 Å². The zero-order valence-electron chi connectivity index (χ0n) is 13.0. The molecular weight excluding hydrogens is 288 g/mol. The van der Waals surface area contributed by atoms with Crippen LogP contribution in [0.25, 0.3) is 0 Å². The van der Waals surface area contributed by atoms with Crippen LogP contribution < -0.4 is 0 Å². The van der Waals surface area contributed by atoms with Crippen molar-refractivity contribution < 1.29 is 0 Å². The highest BCUT2D eigenvalue weighted by Gasteiger charge is 2.26. The molecule has 0 bridgehead atoms. The van der Waals surface area contributed by atoms with Gasteiger partial charge in [0, 0.05) is 19.6 Å². The number of nitrogens with zero attached hydrogens (tertiary/aromatic N) is 4.